The van der Waals surface area contributed by atoms with E-state index in [2.05, 4.69) is 5.32 Å². The highest BCUT2D eigenvalue weighted by atomic mass is 35.5. The molecule has 0 bridgehead atoms. The molecule has 0 aliphatic heterocycles. The molecular formula is C14H15Cl2NO3. The lowest BCUT2D eigenvalue weighted by atomic mass is 9.78. The van der Waals surface area contributed by atoms with Crippen LogP contribution < -0.4 is 5.32 Å². The summed E-state index contributed by atoms with van der Waals surface area (Å²) in [6.07, 6.45) is 2.83. The summed E-state index contributed by atoms with van der Waals surface area (Å²) in [4.78, 5) is 23.5. The van der Waals surface area contributed by atoms with Crippen LogP contribution in [0.2, 0.25) is 10.0 Å². The van der Waals surface area contributed by atoms with Crippen LogP contribution in [0.4, 0.5) is 5.69 Å². The third kappa shape index (κ3) is 3.44. The molecule has 6 heteroatoms. The summed E-state index contributed by atoms with van der Waals surface area (Å²) < 4.78 is 0. The van der Waals surface area contributed by atoms with E-state index in [-0.39, 0.29) is 5.91 Å². The minimum atomic E-state index is -0.915. The molecule has 0 unspecified atom stereocenters. The summed E-state index contributed by atoms with van der Waals surface area (Å²) >= 11 is 11.8. The van der Waals surface area contributed by atoms with Crippen LogP contribution in [0.1, 0.15) is 25.7 Å². The zero-order valence-corrected chi connectivity index (χ0v) is 12.2. The molecule has 2 atom stereocenters. The van der Waals surface area contributed by atoms with Gasteiger partial charge in [0.25, 0.3) is 0 Å². The predicted octanol–water partition coefficient (Wildman–Crippen LogP) is 3.82. The van der Waals surface area contributed by atoms with Crippen molar-refractivity contribution in [2.24, 2.45) is 11.8 Å². The van der Waals surface area contributed by atoms with Crippen LogP contribution in [0.25, 0.3) is 0 Å². The third-order valence-corrected chi connectivity index (χ3v) is 4.17. The SMILES string of the molecule is O=C(Nc1cc(Cl)ccc1Cl)[C@H]1CCCC[C@H]1C(=O)O. The van der Waals surface area contributed by atoms with Crippen molar-refractivity contribution >= 4 is 40.8 Å². The largest absolute Gasteiger partial charge is 0.481 e. The number of carbonyl (C=O) groups is 2. The fourth-order valence-electron chi connectivity index (χ4n) is 2.56. The molecule has 1 aromatic carbocycles. The van der Waals surface area contributed by atoms with Gasteiger partial charge in [-0.05, 0) is 31.0 Å². The van der Waals surface area contributed by atoms with Crippen molar-refractivity contribution in [3.63, 3.8) is 0 Å². The molecular weight excluding hydrogens is 301 g/mol. The minimum absolute atomic E-state index is 0.304. The van der Waals surface area contributed by atoms with Gasteiger partial charge in [-0.25, -0.2) is 0 Å². The number of halogens is 2. The van der Waals surface area contributed by atoms with Gasteiger partial charge in [-0.2, -0.15) is 0 Å². The third-order valence-electron chi connectivity index (χ3n) is 3.61. The summed E-state index contributed by atoms with van der Waals surface area (Å²) in [5, 5.41) is 12.7. The summed E-state index contributed by atoms with van der Waals surface area (Å²) in [6, 6.07) is 4.77. The van der Waals surface area contributed by atoms with Crippen LogP contribution >= 0.6 is 23.2 Å². The van der Waals surface area contributed by atoms with Crippen LogP contribution in [0.15, 0.2) is 18.2 Å². The lowest BCUT2D eigenvalue weighted by molar-refractivity contribution is -0.147. The minimum Gasteiger partial charge on any atom is -0.481 e. The first kappa shape index (κ1) is 15.1. The Morgan fingerprint density at radius 3 is 2.45 bits per heavy atom. The van der Waals surface area contributed by atoms with E-state index in [0.717, 1.165) is 12.8 Å². The Bertz CT molecular complexity index is 533. The summed E-state index contributed by atoms with van der Waals surface area (Å²) in [7, 11) is 0. The van der Waals surface area contributed by atoms with Gasteiger partial charge in [-0.3, -0.25) is 9.59 Å². The van der Waals surface area contributed by atoms with E-state index >= 15 is 0 Å². The zero-order valence-electron chi connectivity index (χ0n) is 10.7. The first-order chi connectivity index (χ1) is 9.49. The van der Waals surface area contributed by atoms with Gasteiger partial charge in [0.05, 0.1) is 22.5 Å². The molecule has 4 nitrogen and oxygen atoms in total. The standard InChI is InChI=1S/C14H15Cl2NO3/c15-8-5-6-11(16)12(7-8)17-13(18)9-3-1-2-4-10(9)14(19)20/h5-7,9-10H,1-4H2,(H,17,18)(H,19,20)/t9-,10+/m0/s1. The fourth-order valence-corrected chi connectivity index (χ4v) is 2.90. The maximum atomic E-state index is 12.3. The Balaban J connectivity index is 2.14. The molecule has 1 aliphatic carbocycles. The Hall–Kier alpha value is -1.26. The quantitative estimate of drug-likeness (QED) is 0.891. The number of carboxylic acids is 1. The summed E-state index contributed by atoms with van der Waals surface area (Å²) in [5.41, 5.74) is 0.416. The predicted molar refractivity (Wildman–Crippen MR) is 78.2 cm³/mol. The van der Waals surface area contributed by atoms with Crippen LogP contribution in [0, 0.1) is 11.8 Å². The zero-order chi connectivity index (χ0) is 14.7. The molecule has 108 valence electrons. The summed E-state index contributed by atoms with van der Waals surface area (Å²) in [6.45, 7) is 0. The number of hydrogen-bond donors (Lipinski definition) is 2. The van der Waals surface area contributed by atoms with Crippen LogP contribution in [-0.2, 0) is 9.59 Å². The van der Waals surface area contributed by atoms with E-state index in [0.29, 0.717) is 28.6 Å². The number of anilines is 1. The lowest BCUT2D eigenvalue weighted by Crippen LogP contribution is -2.36. The highest BCUT2D eigenvalue weighted by molar-refractivity contribution is 6.35. The highest BCUT2D eigenvalue weighted by Crippen LogP contribution is 2.32. The van der Waals surface area contributed by atoms with Crippen molar-refractivity contribution in [1.29, 1.82) is 0 Å². The molecule has 0 aromatic heterocycles. The molecule has 2 N–H and O–H groups in total. The van der Waals surface area contributed by atoms with Gasteiger partial charge in [-0.15, -0.1) is 0 Å². The molecule has 0 heterocycles. The van der Waals surface area contributed by atoms with E-state index in [1.165, 1.54) is 0 Å². The Labute approximate surface area is 127 Å². The number of rotatable bonds is 3. The first-order valence-corrected chi connectivity index (χ1v) is 7.23. The maximum Gasteiger partial charge on any atom is 0.307 e. The van der Waals surface area contributed by atoms with Crippen molar-refractivity contribution in [2.75, 3.05) is 5.32 Å². The summed E-state index contributed by atoms with van der Waals surface area (Å²) in [5.74, 6) is -2.36. The number of carbonyl (C=O) groups excluding carboxylic acids is 1. The monoisotopic (exact) mass is 315 g/mol. The highest BCUT2D eigenvalue weighted by Gasteiger charge is 2.35. The van der Waals surface area contributed by atoms with Gasteiger partial charge < -0.3 is 10.4 Å². The molecule has 1 saturated carbocycles. The smallest absolute Gasteiger partial charge is 0.307 e. The number of aliphatic carboxylic acids is 1. The molecule has 1 aliphatic rings. The van der Waals surface area contributed by atoms with Gasteiger partial charge in [-0.1, -0.05) is 36.0 Å². The number of carboxylic acid groups (broad SMARTS) is 1. The second-order valence-electron chi connectivity index (χ2n) is 4.95. The average molecular weight is 316 g/mol. The van der Waals surface area contributed by atoms with E-state index in [4.69, 9.17) is 23.2 Å². The number of benzene rings is 1. The average Bonchev–Trinajstić information content (AvgIpc) is 2.42. The molecule has 1 amide bonds. The topological polar surface area (TPSA) is 66.4 Å². The molecule has 0 spiro atoms. The van der Waals surface area contributed by atoms with Crippen LogP contribution in [-0.4, -0.2) is 17.0 Å². The van der Waals surface area contributed by atoms with Gasteiger partial charge in [0.1, 0.15) is 0 Å². The van der Waals surface area contributed by atoms with Gasteiger partial charge in [0, 0.05) is 5.02 Å². The lowest BCUT2D eigenvalue weighted by Gasteiger charge is -2.27. The maximum absolute atomic E-state index is 12.3. The molecule has 1 fully saturated rings. The van der Waals surface area contributed by atoms with Crippen molar-refractivity contribution < 1.29 is 14.7 Å². The molecule has 20 heavy (non-hydrogen) atoms. The number of amides is 1. The fraction of sp³-hybridized carbons (Fsp3) is 0.429. The Morgan fingerprint density at radius 1 is 1.15 bits per heavy atom. The van der Waals surface area contributed by atoms with E-state index in [1.54, 1.807) is 18.2 Å². The molecule has 1 aromatic rings. The second kappa shape index (κ2) is 6.46. The molecule has 0 saturated heterocycles. The Morgan fingerprint density at radius 2 is 1.80 bits per heavy atom. The van der Waals surface area contributed by atoms with Crippen molar-refractivity contribution in [3.8, 4) is 0 Å². The normalized spacial score (nSPS) is 22.3. The molecule has 0 radical (unpaired) electrons. The van der Waals surface area contributed by atoms with Crippen LogP contribution in [0.3, 0.4) is 0 Å². The van der Waals surface area contributed by atoms with E-state index < -0.39 is 17.8 Å². The number of hydrogen-bond acceptors (Lipinski definition) is 2. The van der Waals surface area contributed by atoms with E-state index in [9.17, 15) is 14.7 Å². The van der Waals surface area contributed by atoms with Crippen molar-refractivity contribution in [1.82, 2.24) is 0 Å². The van der Waals surface area contributed by atoms with Crippen molar-refractivity contribution in [2.45, 2.75) is 25.7 Å². The second-order valence-corrected chi connectivity index (χ2v) is 5.79. The van der Waals surface area contributed by atoms with Gasteiger partial charge in [0.2, 0.25) is 5.91 Å². The van der Waals surface area contributed by atoms with Crippen LogP contribution in [0.5, 0.6) is 0 Å². The first-order valence-electron chi connectivity index (χ1n) is 6.48. The van der Waals surface area contributed by atoms with Gasteiger partial charge >= 0.3 is 5.97 Å². The Kier molecular flexibility index (Phi) is 4.89. The van der Waals surface area contributed by atoms with E-state index in [1.807, 2.05) is 0 Å². The van der Waals surface area contributed by atoms with Gasteiger partial charge in [0.15, 0.2) is 0 Å². The molecule has 2 rings (SSSR count). The van der Waals surface area contributed by atoms with Crippen molar-refractivity contribution in [3.05, 3.63) is 28.2 Å². The number of nitrogens with one attached hydrogen (secondary N) is 1.